The van der Waals surface area contributed by atoms with Gasteiger partial charge in [0, 0.05) is 29.6 Å². The maximum atomic E-state index is 6.18. The highest BCUT2D eigenvalue weighted by molar-refractivity contribution is 6.32. The predicted molar refractivity (Wildman–Crippen MR) is 114 cm³/mol. The zero-order valence-electron chi connectivity index (χ0n) is 16.6. The van der Waals surface area contributed by atoms with E-state index >= 15 is 0 Å². The molecule has 0 saturated heterocycles. The maximum Gasteiger partial charge on any atom is 0.229 e. The normalized spacial score (nSPS) is 10.5. The van der Waals surface area contributed by atoms with Gasteiger partial charge in [0.05, 0.1) is 24.9 Å². The Bertz CT molecular complexity index is 1010. The van der Waals surface area contributed by atoms with Gasteiger partial charge in [-0.05, 0) is 44.0 Å². The lowest BCUT2D eigenvalue weighted by atomic mass is 10.1. The number of nitrogens with one attached hydrogen (secondary N) is 2. The number of aryl methyl sites for hydroxylation is 3. The number of methoxy groups -OCH3 is 2. The highest BCUT2D eigenvalue weighted by Crippen LogP contribution is 2.37. The Kier molecular flexibility index (Phi) is 5.90. The van der Waals surface area contributed by atoms with Crippen LogP contribution >= 0.6 is 11.6 Å². The minimum absolute atomic E-state index is 0.473. The van der Waals surface area contributed by atoms with E-state index in [0.29, 0.717) is 34.0 Å². The third-order valence-electron chi connectivity index (χ3n) is 4.35. The second-order valence-corrected chi connectivity index (χ2v) is 6.86. The third kappa shape index (κ3) is 4.46. The van der Waals surface area contributed by atoms with Crippen molar-refractivity contribution in [2.75, 3.05) is 24.9 Å². The van der Waals surface area contributed by atoms with E-state index < -0.39 is 0 Å². The van der Waals surface area contributed by atoms with E-state index in [1.165, 1.54) is 11.1 Å². The van der Waals surface area contributed by atoms with E-state index in [2.05, 4.69) is 46.6 Å². The SMILES string of the molecule is COc1cc(Nc2cc(C)nc(Nc3ccc(C)c(C)c3)n2)c(OC)cc1Cl. The Morgan fingerprint density at radius 3 is 2.25 bits per heavy atom. The molecule has 0 bridgehead atoms. The van der Waals surface area contributed by atoms with Crippen molar-refractivity contribution < 1.29 is 9.47 Å². The number of ether oxygens (including phenoxy) is 2. The molecule has 0 spiro atoms. The summed E-state index contributed by atoms with van der Waals surface area (Å²) < 4.78 is 10.7. The first-order valence-corrected chi connectivity index (χ1v) is 9.16. The monoisotopic (exact) mass is 398 g/mol. The molecule has 2 N–H and O–H groups in total. The van der Waals surface area contributed by atoms with Gasteiger partial charge in [-0.3, -0.25) is 0 Å². The van der Waals surface area contributed by atoms with Crippen LogP contribution in [0.3, 0.4) is 0 Å². The van der Waals surface area contributed by atoms with E-state index in [0.717, 1.165) is 11.4 Å². The van der Waals surface area contributed by atoms with Gasteiger partial charge >= 0.3 is 0 Å². The number of rotatable bonds is 6. The summed E-state index contributed by atoms with van der Waals surface area (Å²) in [6, 6.07) is 11.5. The van der Waals surface area contributed by atoms with Crippen LogP contribution in [0.15, 0.2) is 36.4 Å². The zero-order valence-corrected chi connectivity index (χ0v) is 17.3. The molecule has 7 heteroatoms. The fourth-order valence-corrected chi connectivity index (χ4v) is 2.96. The molecular formula is C21H23ClN4O2. The summed E-state index contributed by atoms with van der Waals surface area (Å²) >= 11 is 6.18. The predicted octanol–water partition coefficient (Wildman–Crippen LogP) is 5.56. The van der Waals surface area contributed by atoms with E-state index in [-0.39, 0.29) is 0 Å². The molecular weight excluding hydrogens is 376 g/mol. The second kappa shape index (κ2) is 8.35. The van der Waals surface area contributed by atoms with Gasteiger partial charge in [-0.1, -0.05) is 17.7 Å². The molecule has 0 aliphatic carbocycles. The van der Waals surface area contributed by atoms with Gasteiger partial charge in [-0.2, -0.15) is 4.98 Å². The van der Waals surface area contributed by atoms with Crippen molar-refractivity contribution in [3.8, 4) is 11.5 Å². The summed E-state index contributed by atoms with van der Waals surface area (Å²) in [5.41, 5.74) is 4.89. The number of hydrogen-bond donors (Lipinski definition) is 2. The Hall–Kier alpha value is -2.99. The van der Waals surface area contributed by atoms with Crippen molar-refractivity contribution in [3.05, 3.63) is 58.2 Å². The number of benzene rings is 2. The molecule has 0 radical (unpaired) electrons. The molecule has 0 fully saturated rings. The molecule has 1 heterocycles. The van der Waals surface area contributed by atoms with Gasteiger partial charge in [0.15, 0.2) is 0 Å². The third-order valence-corrected chi connectivity index (χ3v) is 4.65. The quantitative estimate of drug-likeness (QED) is 0.566. The van der Waals surface area contributed by atoms with Gasteiger partial charge in [-0.25, -0.2) is 4.98 Å². The van der Waals surface area contributed by atoms with E-state index in [9.17, 15) is 0 Å². The fraction of sp³-hybridized carbons (Fsp3) is 0.238. The van der Waals surface area contributed by atoms with Crippen molar-refractivity contribution in [2.45, 2.75) is 20.8 Å². The summed E-state index contributed by atoms with van der Waals surface area (Å²) in [6.07, 6.45) is 0. The number of nitrogens with zero attached hydrogens (tertiary/aromatic N) is 2. The first kappa shape index (κ1) is 19.8. The molecule has 0 amide bonds. The van der Waals surface area contributed by atoms with Crippen LogP contribution in [-0.4, -0.2) is 24.2 Å². The van der Waals surface area contributed by atoms with Crippen LogP contribution in [0, 0.1) is 20.8 Å². The van der Waals surface area contributed by atoms with Crippen molar-refractivity contribution >= 4 is 34.7 Å². The Balaban J connectivity index is 1.90. The molecule has 0 unspecified atom stereocenters. The van der Waals surface area contributed by atoms with Gasteiger partial charge in [0.2, 0.25) is 5.95 Å². The molecule has 28 heavy (non-hydrogen) atoms. The average molecular weight is 399 g/mol. The highest BCUT2D eigenvalue weighted by Gasteiger charge is 2.12. The summed E-state index contributed by atoms with van der Waals surface area (Å²) in [7, 11) is 3.15. The first-order chi connectivity index (χ1) is 13.4. The van der Waals surface area contributed by atoms with E-state index in [1.54, 1.807) is 26.4 Å². The molecule has 0 aliphatic heterocycles. The molecule has 3 rings (SSSR count). The van der Waals surface area contributed by atoms with Crippen LogP contribution in [0.1, 0.15) is 16.8 Å². The highest BCUT2D eigenvalue weighted by atomic mass is 35.5. The largest absolute Gasteiger partial charge is 0.495 e. The number of halogens is 1. The van der Waals surface area contributed by atoms with Crippen LogP contribution in [-0.2, 0) is 0 Å². The Morgan fingerprint density at radius 1 is 0.821 bits per heavy atom. The van der Waals surface area contributed by atoms with Crippen molar-refractivity contribution in [1.82, 2.24) is 9.97 Å². The summed E-state index contributed by atoms with van der Waals surface area (Å²) in [4.78, 5) is 9.04. The van der Waals surface area contributed by atoms with Gasteiger partial charge < -0.3 is 20.1 Å². The molecule has 0 atom stereocenters. The van der Waals surface area contributed by atoms with E-state index in [1.807, 2.05) is 19.1 Å². The molecule has 0 aliphatic rings. The number of hydrogen-bond acceptors (Lipinski definition) is 6. The van der Waals surface area contributed by atoms with Crippen LogP contribution in [0.25, 0.3) is 0 Å². The molecule has 146 valence electrons. The second-order valence-electron chi connectivity index (χ2n) is 6.45. The lowest BCUT2D eigenvalue weighted by molar-refractivity contribution is 0.405. The topological polar surface area (TPSA) is 68.3 Å². The summed E-state index contributed by atoms with van der Waals surface area (Å²) in [6.45, 7) is 6.07. The van der Waals surface area contributed by atoms with Crippen molar-refractivity contribution in [3.63, 3.8) is 0 Å². The lowest BCUT2D eigenvalue weighted by Gasteiger charge is -2.15. The van der Waals surface area contributed by atoms with Gasteiger partial charge in [0.25, 0.3) is 0 Å². The average Bonchev–Trinajstić information content (AvgIpc) is 2.65. The van der Waals surface area contributed by atoms with Crippen molar-refractivity contribution in [1.29, 1.82) is 0 Å². The number of anilines is 4. The standard InChI is InChI=1S/C21H23ClN4O2/c1-12-6-7-15(8-13(12)2)24-21-23-14(3)9-20(26-21)25-17-11-18(27-4)16(22)10-19(17)28-5/h6-11H,1-5H3,(H2,23,24,25,26). The minimum atomic E-state index is 0.473. The van der Waals surface area contributed by atoms with Gasteiger partial charge in [-0.15, -0.1) is 0 Å². The number of aromatic nitrogens is 2. The van der Waals surface area contributed by atoms with Crippen LogP contribution in [0.2, 0.25) is 5.02 Å². The van der Waals surface area contributed by atoms with Crippen LogP contribution in [0.4, 0.5) is 23.1 Å². The van der Waals surface area contributed by atoms with Crippen LogP contribution < -0.4 is 20.1 Å². The lowest BCUT2D eigenvalue weighted by Crippen LogP contribution is -2.03. The molecule has 3 aromatic rings. The first-order valence-electron chi connectivity index (χ1n) is 8.78. The molecule has 0 saturated carbocycles. The van der Waals surface area contributed by atoms with Crippen LogP contribution in [0.5, 0.6) is 11.5 Å². The minimum Gasteiger partial charge on any atom is -0.495 e. The Labute approximate surface area is 169 Å². The summed E-state index contributed by atoms with van der Waals surface area (Å²) in [5, 5.41) is 6.99. The molecule has 2 aromatic carbocycles. The molecule has 6 nitrogen and oxygen atoms in total. The summed E-state index contributed by atoms with van der Waals surface area (Å²) in [5.74, 6) is 2.27. The fourth-order valence-electron chi connectivity index (χ4n) is 2.73. The molecule has 1 aromatic heterocycles. The van der Waals surface area contributed by atoms with Gasteiger partial charge in [0.1, 0.15) is 17.3 Å². The van der Waals surface area contributed by atoms with Crippen molar-refractivity contribution in [2.24, 2.45) is 0 Å². The van der Waals surface area contributed by atoms with E-state index in [4.69, 9.17) is 21.1 Å². The zero-order chi connectivity index (χ0) is 20.3. The maximum absolute atomic E-state index is 6.18. The Morgan fingerprint density at radius 2 is 1.57 bits per heavy atom. The smallest absolute Gasteiger partial charge is 0.229 e.